The molecule has 1 aromatic heterocycles. The van der Waals surface area contributed by atoms with Crippen LogP contribution >= 0.6 is 23.2 Å². The van der Waals surface area contributed by atoms with Gasteiger partial charge in [0.2, 0.25) is 5.91 Å². The average Bonchev–Trinajstić information content (AvgIpc) is 3.19. The van der Waals surface area contributed by atoms with Crippen LogP contribution in [0.25, 0.3) is 10.9 Å². The van der Waals surface area contributed by atoms with Gasteiger partial charge in [0.1, 0.15) is 0 Å². The van der Waals surface area contributed by atoms with E-state index in [1.54, 1.807) is 24.2 Å². The SMILES string of the molecule is CN(CC(=O)N1CCN(c2cccc(Cl)c2Cl)CC1)C(=O)c1c[nH]c2ccccc12. The third-order valence-electron chi connectivity index (χ3n) is 5.44. The lowest BCUT2D eigenvalue weighted by Crippen LogP contribution is -2.51. The number of piperazine rings is 1. The van der Waals surface area contributed by atoms with Gasteiger partial charge in [-0.3, -0.25) is 9.59 Å². The van der Waals surface area contributed by atoms with Crippen LogP contribution in [0, 0.1) is 0 Å². The number of aromatic nitrogens is 1. The van der Waals surface area contributed by atoms with Gasteiger partial charge in [-0.15, -0.1) is 0 Å². The number of hydrogen-bond donors (Lipinski definition) is 1. The highest BCUT2D eigenvalue weighted by Gasteiger charge is 2.25. The lowest BCUT2D eigenvalue weighted by Gasteiger charge is -2.37. The molecule has 1 saturated heterocycles. The van der Waals surface area contributed by atoms with Crippen LogP contribution < -0.4 is 4.90 Å². The maximum atomic E-state index is 12.8. The Labute approximate surface area is 185 Å². The van der Waals surface area contributed by atoms with Crippen molar-refractivity contribution in [3.05, 3.63) is 64.3 Å². The largest absolute Gasteiger partial charge is 0.367 e. The standard InChI is InChI=1S/C22H22Cl2N4O2/c1-26(22(30)16-13-25-18-7-3-2-5-15(16)18)14-20(29)28-11-9-27(10-12-28)19-8-4-6-17(23)21(19)24/h2-8,13,25H,9-12,14H2,1H3. The monoisotopic (exact) mass is 444 g/mol. The number of fused-ring (bicyclic) bond motifs is 1. The molecule has 4 rings (SSSR count). The molecule has 2 heterocycles. The Morgan fingerprint density at radius 2 is 1.77 bits per heavy atom. The van der Waals surface area contributed by atoms with Crippen LogP contribution in [0.2, 0.25) is 10.0 Å². The first-order valence-corrected chi connectivity index (χ1v) is 10.5. The number of carbonyl (C=O) groups excluding carboxylic acids is 2. The second kappa shape index (κ2) is 8.58. The second-order valence-electron chi connectivity index (χ2n) is 7.35. The molecule has 0 saturated carbocycles. The van der Waals surface area contributed by atoms with Crippen LogP contribution in [0.1, 0.15) is 10.4 Å². The Kier molecular flexibility index (Phi) is 5.88. The molecular formula is C22H22Cl2N4O2. The van der Waals surface area contributed by atoms with Crippen molar-refractivity contribution in [2.45, 2.75) is 0 Å². The Morgan fingerprint density at radius 3 is 2.53 bits per heavy atom. The van der Waals surface area contributed by atoms with Gasteiger partial charge < -0.3 is 19.7 Å². The maximum Gasteiger partial charge on any atom is 0.256 e. The summed E-state index contributed by atoms with van der Waals surface area (Å²) in [4.78, 5) is 34.1. The number of halogens is 2. The normalized spacial score (nSPS) is 14.2. The molecule has 0 spiro atoms. The molecule has 3 aromatic rings. The Morgan fingerprint density at radius 1 is 1.03 bits per heavy atom. The lowest BCUT2D eigenvalue weighted by molar-refractivity contribution is -0.131. The molecule has 0 unspecified atom stereocenters. The molecule has 1 N–H and O–H groups in total. The second-order valence-corrected chi connectivity index (χ2v) is 8.14. The molecule has 30 heavy (non-hydrogen) atoms. The first-order valence-electron chi connectivity index (χ1n) is 9.74. The fourth-order valence-corrected chi connectivity index (χ4v) is 4.18. The number of rotatable bonds is 4. The van der Waals surface area contributed by atoms with Crippen LogP contribution in [-0.4, -0.2) is 66.4 Å². The van der Waals surface area contributed by atoms with E-state index in [1.165, 1.54) is 4.90 Å². The summed E-state index contributed by atoms with van der Waals surface area (Å²) < 4.78 is 0. The van der Waals surface area contributed by atoms with Gasteiger partial charge in [0.15, 0.2) is 0 Å². The van der Waals surface area contributed by atoms with E-state index >= 15 is 0 Å². The molecular weight excluding hydrogens is 423 g/mol. The van der Waals surface area contributed by atoms with Crippen molar-refractivity contribution in [1.82, 2.24) is 14.8 Å². The number of aromatic amines is 1. The first kappa shape index (κ1) is 20.6. The van der Waals surface area contributed by atoms with Crippen molar-refractivity contribution < 1.29 is 9.59 Å². The number of amides is 2. The summed E-state index contributed by atoms with van der Waals surface area (Å²) in [5, 5.41) is 1.90. The van der Waals surface area contributed by atoms with E-state index in [1.807, 2.05) is 36.4 Å². The molecule has 0 bridgehead atoms. The Balaban J connectivity index is 1.36. The van der Waals surface area contributed by atoms with Crippen molar-refractivity contribution in [2.24, 2.45) is 0 Å². The quantitative estimate of drug-likeness (QED) is 0.663. The molecule has 1 aliphatic rings. The van der Waals surface area contributed by atoms with Crippen molar-refractivity contribution >= 4 is 51.6 Å². The predicted molar refractivity (Wildman–Crippen MR) is 121 cm³/mol. The van der Waals surface area contributed by atoms with Crippen LogP contribution in [0.5, 0.6) is 0 Å². The van der Waals surface area contributed by atoms with Gasteiger partial charge in [-0.2, -0.15) is 0 Å². The van der Waals surface area contributed by atoms with Crippen molar-refractivity contribution in [3.8, 4) is 0 Å². The summed E-state index contributed by atoms with van der Waals surface area (Å²) in [6, 6.07) is 13.2. The van der Waals surface area contributed by atoms with Crippen LogP contribution in [0.15, 0.2) is 48.7 Å². The summed E-state index contributed by atoms with van der Waals surface area (Å²) in [6.45, 7) is 2.49. The van der Waals surface area contributed by atoms with Gasteiger partial charge in [-0.25, -0.2) is 0 Å². The summed E-state index contributed by atoms with van der Waals surface area (Å²) in [7, 11) is 1.66. The summed E-state index contributed by atoms with van der Waals surface area (Å²) in [6.07, 6.45) is 1.70. The Hall–Kier alpha value is -2.70. The smallest absolute Gasteiger partial charge is 0.256 e. The average molecular weight is 445 g/mol. The minimum absolute atomic E-state index is 0.0380. The maximum absolute atomic E-state index is 12.8. The molecule has 0 radical (unpaired) electrons. The predicted octanol–water partition coefficient (Wildman–Crippen LogP) is 3.90. The molecule has 156 valence electrons. The number of H-pyrrole nitrogens is 1. The van der Waals surface area contributed by atoms with E-state index in [0.717, 1.165) is 16.6 Å². The zero-order valence-electron chi connectivity index (χ0n) is 16.6. The van der Waals surface area contributed by atoms with Gasteiger partial charge in [0, 0.05) is 50.3 Å². The third-order valence-corrected chi connectivity index (χ3v) is 6.25. The number of carbonyl (C=O) groups is 2. The molecule has 1 fully saturated rings. The van der Waals surface area contributed by atoms with Gasteiger partial charge in [0.05, 0.1) is 27.8 Å². The number of hydrogen-bond acceptors (Lipinski definition) is 3. The molecule has 2 amide bonds. The number of nitrogens with one attached hydrogen (secondary N) is 1. The van der Waals surface area contributed by atoms with Gasteiger partial charge in [-0.1, -0.05) is 47.5 Å². The highest BCUT2D eigenvalue weighted by molar-refractivity contribution is 6.43. The van der Waals surface area contributed by atoms with Crippen LogP contribution in [0.3, 0.4) is 0 Å². The minimum atomic E-state index is -0.176. The van der Waals surface area contributed by atoms with E-state index in [2.05, 4.69) is 9.88 Å². The zero-order chi connectivity index (χ0) is 21.3. The summed E-state index contributed by atoms with van der Waals surface area (Å²) >= 11 is 12.4. The van der Waals surface area contributed by atoms with Crippen molar-refractivity contribution in [3.63, 3.8) is 0 Å². The van der Waals surface area contributed by atoms with E-state index in [9.17, 15) is 9.59 Å². The number of nitrogens with zero attached hydrogens (tertiary/aromatic N) is 3. The highest BCUT2D eigenvalue weighted by Crippen LogP contribution is 2.32. The molecule has 0 atom stereocenters. The minimum Gasteiger partial charge on any atom is -0.367 e. The van der Waals surface area contributed by atoms with Gasteiger partial charge in [0.25, 0.3) is 5.91 Å². The number of benzene rings is 2. The van der Waals surface area contributed by atoms with Crippen molar-refractivity contribution in [2.75, 3.05) is 44.7 Å². The fourth-order valence-electron chi connectivity index (χ4n) is 3.76. The van der Waals surface area contributed by atoms with Gasteiger partial charge in [-0.05, 0) is 18.2 Å². The molecule has 2 aromatic carbocycles. The molecule has 1 aliphatic heterocycles. The van der Waals surface area contributed by atoms with E-state index in [4.69, 9.17) is 23.2 Å². The number of para-hydroxylation sites is 1. The fraction of sp³-hybridized carbons (Fsp3) is 0.273. The highest BCUT2D eigenvalue weighted by atomic mass is 35.5. The van der Waals surface area contributed by atoms with E-state index < -0.39 is 0 Å². The lowest BCUT2D eigenvalue weighted by atomic mass is 10.1. The van der Waals surface area contributed by atoms with Crippen LogP contribution in [-0.2, 0) is 4.79 Å². The zero-order valence-corrected chi connectivity index (χ0v) is 18.1. The summed E-state index contributed by atoms with van der Waals surface area (Å²) in [5.41, 5.74) is 2.35. The number of likely N-dealkylation sites (N-methyl/N-ethyl adjacent to an activating group) is 1. The Bertz CT molecular complexity index is 1090. The molecule has 8 heteroatoms. The van der Waals surface area contributed by atoms with E-state index in [-0.39, 0.29) is 18.4 Å². The van der Waals surface area contributed by atoms with E-state index in [0.29, 0.717) is 41.8 Å². The van der Waals surface area contributed by atoms with Gasteiger partial charge >= 0.3 is 0 Å². The van der Waals surface area contributed by atoms with Crippen molar-refractivity contribution in [1.29, 1.82) is 0 Å². The summed E-state index contributed by atoms with van der Waals surface area (Å²) in [5.74, 6) is -0.243. The topological polar surface area (TPSA) is 59.7 Å². The van der Waals surface area contributed by atoms with Crippen LogP contribution in [0.4, 0.5) is 5.69 Å². The first-order chi connectivity index (χ1) is 14.5. The molecule has 6 nitrogen and oxygen atoms in total. The third kappa shape index (κ3) is 3.98. The number of anilines is 1. The molecule has 0 aliphatic carbocycles.